The molecule has 0 aliphatic carbocycles. The molecule has 2 rings (SSSR count). The van der Waals surface area contributed by atoms with Gasteiger partial charge >= 0.3 is 29.6 Å². The van der Waals surface area contributed by atoms with Gasteiger partial charge in [0.2, 0.25) is 0 Å². The number of carboxylic acids is 1. The fraction of sp³-hybridized carbons (Fsp3) is 0.0714. The van der Waals surface area contributed by atoms with Crippen molar-refractivity contribution in [2.45, 2.75) is 6.92 Å². The van der Waals surface area contributed by atoms with E-state index in [1.165, 1.54) is 17.7 Å². The third-order valence-corrected chi connectivity index (χ3v) is 1.95. The maximum Gasteiger partial charge on any atom is 1.00 e. The second-order valence-electron chi connectivity index (χ2n) is 3.31. The van der Waals surface area contributed by atoms with Gasteiger partial charge in [0.1, 0.15) is 0 Å². The molecule has 0 heterocycles. The molecule has 17 heavy (non-hydrogen) atoms. The molecule has 0 unspecified atom stereocenters. The number of carbonyl (C=O) groups excluding carboxylic acids is 1. The van der Waals surface area contributed by atoms with Crippen molar-refractivity contribution in [1.29, 1.82) is 0 Å². The molecule has 3 heteroatoms. The maximum atomic E-state index is 10.1. The summed E-state index contributed by atoms with van der Waals surface area (Å²) in [5.74, 6) is -1.13. The average molecular weight is 236 g/mol. The van der Waals surface area contributed by atoms with E-state index in [1.54, 1.807) is 18.2 Å². The summed E-state index contributed by atoms with van der Waals surface area (Å²) in [6, 6.07) is 18.3. The van der Waals surface area contributed by atoms with Gasteiger partial charge < -0.3 is 9.90 Å². The zero-order chi connectivity index (χ0) is 11.8. The Bertz CT molecular complexity index is 426. The van der Waals surface area contributed by atoms with Crippen molar-refractivity contribution in [2.24, 2.45) is 0 Å². The molecule has 0 bridgehead atoms. The van der Waals surface area contributed by atoms with Gasteiger partial charge in [-0.25, -0.2) is 0 Å². The van der Waals surface area contributed by atoms with Gasteiger partial charge in [0.15, 0.2) is 0 Å². The van der Waals surface area contributed by atoms with Crippen LogP contribution in [0.25, 0.3) is 0 Å². The van der Waals surface area contributed by atoms with E-state index in [0.717, 1.165) is 0 Å². The predicted octanol–water partition coefficient (Wildman–Crippen LogP) is -0.951. The molecule has 0 fully saturated rings. The molecule has 0 N–H and O–H groups in total. The summed E-state index contributed by atoms with van der Waals surface area (Å²) in [5.41, 5.74) is 1.54. The molecular formula is C14H13NaO2. The van der Waals surface area contributed by atoms with E-state index in [4.69, 9.17) is 0 Å². The first-order chi connectivity index (χ1) is 7.70. The molecule has 0 saturated heterocycles. The molecule has 82 valence electrons. The van der Waals surface area contributed by atoms with Crippen LogP contribution in [0.4, 0.5) is 0 Å². The summed E-state index contributed by atoms with van der Waals surface area (Å²) < 4.78 is 0. The molecule has 0 spiro atoms. The summed E-state index contributed by atoms with van der Waals surface area (Å²) in [6.07, 6.45) is 0. The number of benzene rings is 2. The smallest absolute Gasteiger partial charge is 0.545 e. The average Bonchev–Trinajstić information content (AvgIpc) is 2.32. The number of rotatable bonds is 1. The zero-order valence-corrected chi connectivity index (χ0v) is 12.1. The number of hydrogen-bond acceptors (Lipinski definition) is 2. The number of carboxylic acid groups (broad SMARTS) is 1. The maximum absolute atomic E-state index is 10.1. The summed E-state index contributed by atoms with van der Waals surface area (Å²) >= 11 is 0. The van der Waals surface area contributed by atoms with Crippen molar-refractivity contribution < 1.29 is 39.5 Å². The monoisotopic (exact) mass is 236 g/mol. The van der Waals surface area contributed by atoms with Crippen molar-refractivity contribution in [1.82, 2.24) is 0 Å². The molecule has 0 atom stereocenters. The van der Waals surface area contributed by atoms with Crippen LogP contribution >= 0.6 is 0 Å². The molecule has 0 aliphatic rings. The van der Waals surface area contributed by atoms with E-state index >= 15 is 0 Å². The van der Waals surface area contributed by atoms with Crippen molar-refractivity contribution in [3.05, 3.63) is 71.8 Å². The summed E-state index contributed by atoms with van der Waals surface area (Å²) in [4.78, 5) is 10.1. The Morgan fingerprint density at radius 2 is 1.29 bits per heavy atom. The summed E-state index contributed by atoms with van der Waals surface area (Å²) in [6.45, 7) is 2.08. The molecule has 0 saturated carbocycles. The third kappa shape index (κ3) is 6.95. The normalized spacial score (nSPS) is 8.29. The first-order valence-electron chi connectivity index (χ1n) is 4.98. The predicted molar refractivity (Wildman–Crippen MR) is 62.0 cm³/mol. The minimum absolute atomic E-state index is 0. The first kappa shape index (κ1) is 15.9. The van der Waals surface area contributed by atoms with Crippen LogP contribution in [-0.4, -0.2) is 5.97 Å². The quantitative estimate of drug-likeness (QED) is 0.599. The second-order valence-corrected chi connectivity index (χ2v) is 3.31. The molecule has 0 aromatic heterocycles. The Hall–Kier alpha value is -1.09. The van der Waals surface area contributed by atoms with Gasteiger partial charge in [-0.3, -0.25) is 0 Å². The summed E-state index contributed by atoms with van der Waals surface area (Å²) in [7, 11) is 0. The molecular weight excluding hydrogens is 223 g/mol. The fourth-order valence-corrected chi connectivity index (χ4v) is 1.11. The zero-order valence-electron chi connectivity index (χ0n) is 10.1. The van der Waals surface area contributed by atoms with Crippen LogP contribution in [0.2, 0.25) is 0 Å². The molecule has 2 aromatic carbocycles. The molecule has 0 aliphatic heterocycles. The van der Waals surface area contributed by atoms with E-state index in [-0.39, 0.29) is 35.1 Å². The minimum atomic E-state index is -1.13. The molecule has 0 amide bonds. The largest absolute Gasteiger partial charge is 1.00 e. The first-order valence-corrected chi connectivity index (χ1v) is 4.98. The Morgan fingerprint density at radius 1 is 0.882 bits per heavy atom. The second kappa shape index (κ2) is 8.99. The Balaban J connectivity index is 0.000000292. The molecule has 0 radical (unpaired) electrons. The van der Waals surface area contributed by atoms with Crippen LogP contribution in [0.3, 0.4) is 0 Å². The van der Waals surface area contributed by atoms with Gasteiger partial charge in [-0.2, -0.15) is 0 Å². The number of carbonyl (C=O) groups is 1. The van der Waals surface area contributed by atoms with Crippen LogP contribution in [0.5, 0.6) is 0 Å². The van der Waals surface area contributed by atoms with Gasteiger partial charge in [0.25, 0.3) is 0 Å². The topological polar surface area (TPSA) is 40.1 Å². The molecule has 2 aromatic rings. The standard InChI is InChI=1S/C7H6O2.C7H8.Na/c8-7(9)6-4-2-1-3-5-6;1-7-5-3-2-4-6-7;/h1-5H,(H,8,9);2-6H,1H3;/q;;+1/p-1. The Kier molecular flexibility index (Phi) is 8.42. The van der Waals surface area contributed by atoms with E-state index in [1.807, 2.05) is 18.2 Å². The molecule has 2 nitrogen and oxygen atoms in total. The van der Waals surface area contributed by atoms with Gasteiger partial charge in [-0.05, 0) is 12.5 Å². The van der Waals surface area contributed by atoms with Gasteiger partial charge in [0.05, 0.1) is 5.97 Å². The number of aryl methyl sites for hydroxylation is 1. The van der Waals surface area contributed by atoms with E-state index < -0.39 is 5.97 Å². The van der Waals surface area contributed by atoms with Crippen LogP contribution in [-0.2, 0) is 0 Å². The van der Waals surface area contributed by atoms with Crippen LogP contribution in [0.1, 0.15) is 15.9 Å². The van der Waals surface area contributed by atoms with Crippen LogP contribution < -0.4 is 34.7 Å². The van der Waals surface area contributed by atoms with Gasteiger partial charge in [-0.1, -0.05) is 66.2 Å². The Labute approximate surface area is 124 Å². The minimum Gasteiger partial charge on any atom is -0.545 e. The van der Waals surface area contributed by atoms with E-state index in [2.05, 4.69) is 19.1 Å². The van der Waals surface area contributed by atoms with Gasteiger partial charge in [0, 0.05) is 0 Å². The van der Waals surface area contributed by atoms with Crippen molar-refractivity contribution in [3.63, 3.8) is 0 Å². The third-order valence-electron chi connectivity index (χ3n) is 1.95. The van der Waals surface area contributed by atoms with Crippen LogP contribution in [0.15, 0.2) is 60.7 Å². The van der Waals surface area contributed by atoms with Crippen LogP contribution in [0, 0.1) is 6.92 Å². The van der Waals surface area contributed by atoms with E-state index in [9.17, 15) is 9.90 Å². The van der Waals surface area contributed by atoms with Crippen molar-refractivity contribution >= 4 is 5.97 Å². The van der Waals surface area contributed by atoms with Crippen molar-refractivity contribution in [2.75, 3.05) is 0 Å². The fourth-order valence-electron chi connectivity index (χ4n) is 1.11. The van der Waals surface area contributed by atoms with Gasteiger partial charge in [-0.15, -0.1) is 0 Å². The Morgan fingerprint density at radius 3 is 1.53 bits per heavy atom. The SMILES string of the molecule is Cc1ccccc1.O=C([O-])c1ccccc1.[Na+]. The van der Waals surface area contributed by atoms with E-state index in [0.29, 0.717) is 0 Å². The number of aromatic carboxylic acids is 1. The summed E-state index contributed by atoms with van der Waals surface area (Å²) in [5, 5.41) is 10.1. The van der Waals surface area contributed by atoms with Crippen molar-refractivity contribution in [3.8, 4) is 0 Å². The number of hydrogen-bond donors (Lipinski definition) is 0.